The summed E-state index contributed by atoms with van der Waals surface area (Å²) in [6.07, 6.45) is 1.61. The fraction of sp³-hybridized carbons (Fsp3) is 0.0455. The van der Waals surface area contributed by atoms with E-state index < -0.39 is 11.0 Å². The molecule has 0 radical (unpaired) electrons. The number of hydrogen-bond acceptors (Lipinski definition) is 5. The minimum Gasteiger partial charge on any atom is -0.279 e. The van der Waals surface area contributed by atoms with Gasteiger partial charge in [0.2, 0.25) is 0 Å². The van der Waals surface area contributed by atoms with E-state index in [1.807, 2.05) is 12.1 Å². The zero-order valence-corrected chi connectivity index (χ0v) is 16.7. The zero-order chi connectivity index (χ0) is 21.5. The Labute approximate surface area is 181 Å². The van der Waals surface area contributed by atoms with Gasteiger partial charge in [-0.15, -0.1) is 0 Å². The molecule has 5 rings (SSSR count). The lowest BCUT2D eigenvalue weighted by Crippen LogP contribution is -2.30. The second-order valence-corrected chi connectivity index (χ2v) is 7.42. The lowest BCUT2D eigenvalue weighted by Gasteiger charge is -2.25. The Bertz CT molecular complexity index is 1290. The first-order chi connectivity index (χ1) is 15.0. The number of nitro benzene ring substituents is 1. The molecule has 9 heteroatoms. The highest BCUT2D eigenvalue weighted by molar-refractivity contribution is 6.30. The van der Waals surface area contributed by atoms with E-state index in [0.29, 0.717) is 33.4 Å². The molecule has 0 saturated carbocycles. The van der Waals surface area contributed by atoms with Crippen LogP contribution in [0.2, 0.25) is 5.02 Å². The van der Waals surface area contributed by atoms with Crippen molar-refractivity contribution in [2.75, 3.05) is 4.90 Å². The van der Waals surface area contributed by atoms with Gasteiger partial charge in [0.1, 0.15) is 11.5 Å². The highest BCUT2D eigenvalue weighted by atomic mass is 35.5. The van der Waals surface area contributed by atoms with Crippen LogP contribution in [0, 0.1) is 10.1 Å². The van der Waals surface area contributed by atoms with E-state index in [0.717, 1.165) is 5.56 Å². The zero-order valence-electron chi connectivity index (χ0n) is 15.9. The maximum Gasteiger partial charge on any atom is 0.278 e. The van der Waals surface area contributed by atoms with E-state index in [4.69, 9.17) is 11.6 Å². The molecule has 0 saturated heterocycles. The Morgan fingerprint density at radius 1 is 1.03 bits per heavy atom. The summed E-state index contributed by atoms with van der Waals surface area (Å²) in [5.41, 5.74) is 3.14. The molecule has 0 bridgehead atoms. The van der Waals surface area contributed by atoms with E-state index in [1.54, 1.807) is 53.6 Å². The van der Waals surface area contributed by atoms with Crippen molar-refractivity contribution in [2.45, 2.75) is 6.04 Å². The number of hydrogen-bond donors (Lipinski definition) is 1. The van der Waals surface area contributed by atoms with Crippen LogP contribution in [0.4, 0.5) is 11.5 Å². The number of nitrogens with one attached hydrogen (secondary N) is 1. The van der Waals surface area contributed by atoms with Crippen LogP contribution in [0.3, 0.4) is 0 Å². The minimum atomic E-state index is -0.553. The van der Waals surface area contributed by atoms with Crippen LogP contribution in [0.1, 0.15) is 27.7 Å². The predicted octanol–water partition coefficient (Wildman–Crippen LogP) is 4.78. The Morgan fingerprint density at radius 3 is 2.42 bits per heavy atom. The SMILES string of the molecule is O=C1c2[nH]nc(-c3ccc(Cl)cc3)c2[C@@H](c2ccc([N+](=O)[O-])cc2)N1c1ccccn1. The number of halogens is 1. The number of carbonyl (C=O) groups is 1. The molecule has 8 nitrogen and oxygen atoms in total. The molecular formula is C22H14ClN5O3. The highest BCUT2D eigenvalue weighted by Crippen LogP contribution is 2.44. The fourth-order valence-electron chi connectivity index (χ4n) is 3.80. The van der Waals surface area contributed by atoms with Gasteiger partial charge < -0.3 is 0 Å². The van der Waals surface area contributed by atoms with Crippen LogP contribution in [-0.4, -0.2) is 26.0 Å². The number of rotatable bonds is 4. The Hall–Kier alpha value is -4.04. The van der Waals surface area contributed by atoms with E-state index in [1.165, 1.54) is 12.1 Å². The van der Waals surface area contributed by atoms with Crippen LogP contribution >= 0.6 is 11.6 Å². The van der Waals surface area contributed by atoms with Gasteiger partial charge in [0.15, 0.2) is 0 Å². The first-order valence-electron chi connectivity index (χ1n) is 9.38. The third-order valence-corrected chi connectivity index (χ3v) is 5.45. The summed E-state index contributed by atoms with van der Waals surface area (Å²) >= 11 is 6.03. The average Bonchev–Trinajstić information content (AvgIpc) is 3.34. The number of aromatic amines is 1. The molecule has 0 unspecified atom stereocenters. The molecule has 3 heterocycles. The molecule has 0 spiro atoms. The fourth-order valence-corrected chi connectivity index (χ4v) is 3.93. The maximum atomic E-state index is 13.3. The molecule has 0 fully saturated rings. The molecular weight excluding hydrogens is 418 g/mol. The number of benzene rings is 2. The number of carbonyl (C=O) groups excluding carboxylic acids is 1. The second kappa shape index (κ2) is 7.33. The van der Waals surface area contributed by atoms with Crippen molar-refractivity contribution in [1.82, 2.24) is 15.2 Å². The van der Waals surface area contributed by atoms with E-state index >= 15 is 0 Å². The molecule has 1 N–H and O–H groups in total. The topological polar surface area (TPSA) is 105 Å². The van der Waals surface area contributed by atoms with E-state index in [2.05, 4.69) is 15.2 Å². The van der Waals surface area contributed by atoms with Crippen LogP contribution in [0.15, 0.2) is 72.9 Å². The van der Waals surface area contributed by atoms with Crippen LogP contribution in [0.5, 0.6) is 0 Å². The van der Waals surface area contributed by atoms with Crippen molar-refractivity contribution < 1.29 is 9.72 Å². The van der Waals surface area contributed by atoms with Crippen LogP contribution < -0.4 is 4.90 Å². The van der Waals surface area contributed by atoms with Gasteiger partial charge in [-0.25, -0.2) is 4.98 Å². The van der Waals surface area contributed by atoms with E-state index in [9.17, 15) is 14.9 Å². The van der Waals surface area contributed by atoms with Crippen molar-refractivity contribution in [3.63, 3.8) is 0 Å². The van der Waals surface area contributed by atoms with Gasteiger partial charge in [-0.2, -0.15) is 5.10 Å². The standard InChI is InChI=1S/C22H14ClN5O3/c23-15-8-4-13(5-9-15)19-18-20(26-25-19)22(29)27(17-3-1-2-12-24-17)21(18)14-6-10-16(11-7-14)28(30)31/h1-12,21H,(H,25,26)/t21-/m1/s1. The summed E-state index contributed by atoms with van der Waals surface area (Å²) in [6, 6.07) is 18.1. The Kier molecular flexibility index (Phi) is 4.48. The molecule has 1 aliphatic rings. The molecule has 4 aromatic rings. The molecule has 1 atom stereocenters. The van der Waals surface area contributed by atoms with Gasteiger partial charge >= 0.3 is 0 Å². The summed E-state index contributed by atoms with van der Waals surface area (Å²) < 4.78 is 0. The second-order valence-electron chi connectivity index (χ2n) is 6.98. The quantitative estimate of drug-likeness (QED) is 0.369. The van der Waals surface area contributed by atoms with Crippen molar-refractivity contribution in [2.24, 2.45) is 0 Å². The Morgan fingerprint density at radius 2 is 1.77 bits per heavy atom. The number of amides is 1. The molecule has 0 aliphatic carbocycles. The maximum absolute atomic E-state index is 13.3. The normalized spacial score (nSPS) is 15.2. The number of pyridine rings is 1. The van der Waals surface area contributed by atoms with Crippen LogP contribution in [-0.2, 0) is 0 Å². The first-order valence-corrected chi connectivity index (χ1v) is 9.75. The van der Waals surface area contributed by atoms with Gasteiger partial charge in [-0.05, 0) is 42.0 Å². The van der Waals surface area contributed by atoms with Crippen molar-refractivity contribution >= 4 is 29.0 Å². The van der Waals surface area contributed by atoms with Crippen molar-refractivity contribution in [3.05, 3.63) is 105 Å². The summed E-state index contributed by atoms with van der Waals surface area (Å²) in [5.74, 6) is 0.201. The van der Waals surface area contributed by atoms with Gasteiger partial charge in [0.05, 0.1) is 16.7 Å². The van der Waals surface area contributed by atoms with Crippen molar-refractivity contribution in [3.8, 4) is 11.3 Å². The number of H-pyrrole nitrogens is 1. The molecule has 2 aromatic heterocycles. The number of aromatic nitrogens is 3. The monoisotopic (exact) mass is 431 g/mol. The predicted molar refractivity (Wildman–Crippen MR) is 115 cm³/mol. The minimum absolute atomic E-state index is 0.0252. The third kappa shape index (κ3) is 3.13. The lowest BCUT2D eigenvalue weighted by atomic mass is 9.96. The number of non-ortho nitro benzene ring substituents is 1. The molecule has 1 amide bonds. The third-order valence-electron chi connectivity index (χ3n) is 5.20. The number of nitrogens with zero attached hydrogens (tertiary/aromatic N) is 4. The van der Waals surface area contributed by atoms with Crippen molar-refractivity contribution in [1.29, 1.82) is 0 Å². The molecule has 2 aromatic carbocycles. The largest absolute Gasteiger partial charge is 0.279 e. The van der Waals surface area contributed by atoms with Gasteiger partial charge in [-0.1, -0.05) is 29.8 Å². The van der Waals surface area contributed by atoms with Gasteiger partial charge in [0, 0.05) is 34.5 Å². The molecule has 152 valence electrons. The number of anilines is 1. The number of fused-ring (bicyclic) bond motifs is 1. The summed E-state index contributed by atoms with van der Waals surface area (Å²) in [6.45, 7) is 0. The molecule has 31 heavy (non-hydrogen) atoms. The van der Waals surface area contributed by atoms with Gasteiger partial charge in [0.25, 0.3) is 11.6 Å². The van der Waals surface area contributed by atoms with Gasteiger partial charge in [-0.3, -0.25) is 24.9 Å². The van der Waals surface area contributed by atoms with Crippen LogP contribution in [0.25, 0.3) is 11.3 Å². The Balaban J connectivity index is 1.70. The average molecular weight is 432 g/mol. The summed E-state index contributed by atoms with van der Waals surface area (Å²) in [4.78, 5) is 29.9. The first kappa shape index (κ1) is 19.0. The van der Waals surface area contributed by atoms with E-state index in [-0.39, 0.29) is 11.6 Å². The molecule has 1 aliphatic heterocycles. The summed E-state index contributed by atoms with van der Waals surface area (Å²) in [5, 5.41) is 19.0. The smallest absolute Gasteiger partial charge is 0.278 e. The highest BCUT2D eigenvalue weighted by Gasteiger charge is 2.43. The lowest BCUT2D eigenvalue weighted by molar-refractivity contribution is -0.384. The summed E-state index contributed by atoms with van der Waals surface area (Å²) in [7, 11) is 0. The number of nitro groups is 1.